The first kappa shape index (κ1) is 17.0. The topological polar surface area (TPSA) is 58.6 Å². The highest BCUT2D eigenvalue weighted by Crippen LogP contribution is 2.29. The Bertz CT molecular complexity index is 626. The number of nitrogens with one attached hydrogen (secondary N) is 1. The van der Waals surface area contributed by atoms with Crippen LogP contribution in [0, 0.1) is 5.92 Å². The lowest BCUT2D eigenvalue weighted by Crippen LogP contribution is -2.37. The van der Waals surface area contributed by atoms with Crippen molar-refractivity contribution in [2.45, 2.75) is 20.0 Å². The molecule has 2 aromatic carbocycles. The molecule has 1 amide bonds. The Labute approximate surface area is 137 Å². The second-order valence-electron chi connectivity index (χ2n) is 5.77. The van der Waals surface area contributed by atoms with Crippen molar-refractivity contribution in [1.29, 1.82) is 0 Å². The largest absolute Gasteiger partial charge is 0.483 e. The third kappa shape index (κ3) is 5.11. The highest BCUT2D eigenvalue weighted by Gasteiger charge is 2.12. The molecular weight excluding hydrogens is 290 g/mol. The number of aliphatic hydroxyl groups is 1. The summed E-state index contributed by atoms with van der Waals surface area (Å²) in [6, 6.07) is 17.5. The fourth-order valence-corrected chi connectivity index (χ4v) is 2.10. The number of hydrogen-bond acceptors (Lipinski definition) is 3. The average molecular weight is 313 g/mol. The van der Waals surface area contributed by atoms with Crippen LogP contribution in [-0.4, -0.2) is 30.3 Å². The molecule has 2 aromatic rings. The molecule has 0 fully saturated rings. The number of para-hydroxylation sites is 1. The van der Waals surface area contributed by atoms with Gasteiger partial charge in [-0.25, -0.2) is 0 Å². The lowest BCUT2D eigenvalue weighted by Gasteiger charge is -2.16. The summed E-state index contributed by atoms with van der Waals surface area (Å²) in [4.78, 5) is 11.8. The first-order chi connectivity index (χ1) is 11.1. The summed E-state index contributed by atoms with van der Waals surface area (Å²) in [6.07, 6.45) is -0.546. The molecule has 1 atom stereocenters. The van der Waals surface area contributed by atoms with Crippen LogP contribution in [0.5, 0.6) is 5.75 Å². The quantitative estimate of drug-likeness (QED) is 0.826. The van der Waals surface area contributed by atoms with Crippen LogP contribution in [0.3, 0.4) is 0 Å². The van der Waals surface area contributed by atoms with E-state index in [1.165, 1.54) is 0 Å². The minimum absolute atomic E-state index is 0.0747. The van der Waals surface area contributed by atoms with Crippen molar-refractivity contribution in [3.05, 3.63) is 54.6 Å². The van der Waals surface area contributed by atoms with Crippen molar-refractivity contribution in [2.75, 3.05) is 13.2 Å². The van der Waals surface area contributed by atoms with Crippen LogP contribution < -0.4 is 10.1 Å². The molecule has 4 heteroatoms. The first-order valence-electron chi connectivity index (χ1n) is 7.80. The molecule has 0 aromatic heterocycles. The molecule has 0 bridgehead atoms. The lowest BCUT2D eigenvalue weighted by atomic mass is 10.1. The maximum atomic E-state index is 11.8. The molecule has 0 aliphatic heterocycles. The minimum atomic E-state index is -0.546. The summed E-state index contributed by atoms with van der Waals surface area (Å²) in [6.45, 7) is 3.97. The van der Waals surface area contributed by atoms with Crippen LogP contribution in [0.25, 0.3) is 11.1 Å². The fraction of sp³-hybridized carbons (Fsp3) is 0.316. The van der Waals surface area contributed by atoms with E-state index >= 15 is 0 Å². The number of benzene rings is 2. The zero-order chi connectivity index (χ0) is 16.7. The van der Waals surface area contributed by atoms with E-state index in [9.17, 15) is 9.90 Å². The van der Waals surface area contributed by atoms with E-state index in [0.717, 1.165) is 11.1 Å². The molecule has 0 aliphatic carbocycles. The molecule has 0 radical (unpaired) electrons. The summed E-state index contributed by atoms with van der Waals surface area (Å²) in [7, 11) is 0. The second-order valence-corrected chi connectivity index (χ2v) is 5.77. The summed E-state index contributed by atoms with van der Waals surface area (Å²) >= 11 is 0. The van der Waals surface area contributed by atoms with Crippen LogP contribution in [0.15, 0.2) is 54.6 Å². The Hall–Kier alpha value is -2.33. The average Bonchev–Trinajstić information content (AvgIpc) is 2.58. The fourth-order valence-electron chi connectivity index (χ4n) is 2.10. The normalized spacial score (nSPS) is 12.0. The summed E-state index contributed by atoms with van der Waals surface area (Å²) < 4.78 is 5.65. The minimum Gasteiger partial charge on any atom is -0.483 e. The van der Waals surface area contributed by atoms with E-state index in [1.54, 1.807) is 0 Å². The van der Waals surface area contributed by atoms with Crippen LogP contribution in [-0.2, 0) is 4.79 Å². The van der Waals surface area contributed by atoms with Crippen LogP contribution >= 0.6 is 0 Å². The summed E-state index contributed by atoms with van der Waals surface area (Å²) in [5.41, 5.74) is 1.99. The Balaban J connectivity index is 1.95. The van der Waals surface area contributed by atoms with E-state index in [-0.39, 0.29) is 25.0 Å². The van der Waals surface area contributed by atoms with Gasteiger partial charge in [0.2, 0.25) is 0 Å². The van der Waals surface area contributed by atoms with Gasteiger partial charge in [-0.2, -0.15) is 0 Å². The van der Waals surface area contributed by atoms with Gasteiger partial charge >= 0.3 is 0 Å². The van der Waals surface area contributed by atoms with E-state index in [1.807, 2.05) is 68.4 Å². The van der Waals surface area contributed by atoms with Crippen LogP contribution in [0.1, 0.15) is 13.8 Å². The Morgan fingerprint density at radius 2 is 1.74 bits per heavy atom. The SMILES string of the molecule is CC(C)C(O)CNC(=O)COc1ccccc1-c1ccccc1. The Morgan fingerprint density at radius 3 is 2.43 bits per heavy atom. The van der Waals surface area contributed by atoms with Gasteiger partial charge < -0.3 is 15.2 Å². The Morgan fingerprint density at radius 1 is 1.09 bits per heavy atom. The predicted octanol–water partition coefficient (Wildman–Crippen LogP) is 2.87. The summed E-state index contributed by atoms with van der Waals surface area (Å²) in [5, 5.41) is 12.4. The van der Waals surface area contributed by atoms with Gasteiger partial charge in [-0.15, -0.1) is 0 Å². The molecular formula is C19H23NO3. The number of amides is 1. The number of ether oxygens (including phenoxy) is 1. The Kier molecular flexibility index (Phi) is 6.18. The number of carbonyl (C=O) groups is 1. The van der Waals surface area contributed by atoms with Gasteiger partial charge in [-0.05, 0) is 17.5 Å². The van der Waals surface area contributed by atoms with E-state index in [0.29, 0.717) is 5.75 Å². The van der Waals surface area contributed by atoms with Gasteiger partial charge in [-0.1, -0.05) is 62.4 Å². The van der Waals surface area contributed by atoms with Crippen molar-refractivity contribution in [3.63, 3.8) is 0 Å². The lowest BCUT2D eigenvalue weighted by molar-refractivity contribution is -0.123. The number of aliphatic hydroxyl groups excluding tert-OH is 1. The monoisotopic (exact) mass is 313 g/mol. The molecule has 122 valence electrons. The molecule has 0 spiro atoms. The zero-order valence-electron chi connectivity index (χ0n) is 13.5. The van der Waals surface area contributed by atoms with E-state index in [4.69, 9.17) is 4.74 Å². The zero-order valence-corrected chi connectivity index (χ0v) is 13.5. The maximum Gasteiger partial charge on any atom is 0.258 e. The molecule has 0 saturated heterocycles. The number of carbonyl (C=O) groups excluding carboxylic acids is 1. The molecule has 0 saturated carbocycles. The highest BCUT2D eigenvalue weighted by atomic mass is 16.5. The maximum absolute atomic E-state index is 11.8. The highest BCUT2D eigenvalue weighted by molar-refractivity contribution is 5.78. The van der Waals surface area contributed by atoms with Gasteiger partial charge in [0, 0.05) is 12.1 Å². The molecule has 0 heterocycles. The van der Waals surface area contributed by atoms with Crippen molar-refractivity contribution in [1.82, 2.24) is 5.32 Å². The molecule has 2 N–H and O–H groups in total. The van der Waals surface area contributed by atoms with E-state index < -0.39 is 6.10 Å². The second kappa shape index (κ2) is 8.34. The predicted molar refractivity (Wildman–Crippen MR) is 91.2 cm³/mol. The molecule has 4 nitrogen and oxygen atoms in total. The van der Waals surface area contributed by atoms with Crippen LogP contribution in [0.4, 0.5) is 0 Å². The van der Waals surface area contributed by atoms with Crippen molar-refractivity contribution >= 4 is 5.91 Å². The van der Waals surface area contributed by atoms with Gasteiger partial charge in [-0.3, -0.25) is 4.79 Å². The van der Waals surface area contributed by atoms with Gasteiger partial charge in [0.1, 0.15) is 5.75 Å². The third-order valence-electron chi connectivity index (χ3n) is 3.61. The number of hydrogen-bond donors (Lipinski definition) is 2. The molecule has 23 heavy (non-hydrogen) atoms. The van der Waals surface area contributed by atoms with Crippen molar-refractivity contribution < 1.29 is 14.6 Å². The standard InChI is InChI=1S/C19H23NO3/c1-14(2)17(21)12-20-19(22)13-23-18-11-7-6-10-16(18)15-8-4-3-5-9-15/h3-11,14,17,21H,12-13H2,1-2H3,(H,20,22). The van der Waals surface area contributed by atoms with Gasteiger partial charge in [0.05, 0.1) is 6.10 Å². The first-order valence-corrected chi connectivity index (χ1v) is 7.80. The van der Waals surface area contributed by atoms with Crippen molar-refractivity contribution in [3.8, 4) is 16.9 Å². The van der Waals surface area contributed by atoms with Gasteiger partial charge in [0.15, 0.2) is 6.61 Å². The number of rotatable bonds is 7. The molecule has 0 aliphatic rings. The van der Waals surface area contributed by atoms with E-state index in [2.05, 4.69) is 5.32 Å². The van der Waals surface area contributed by atoms with Crippen LogP contribution in [0.2, 0.25) is 0 Å². The van der Waals surface area contributed by atoms with Gasteiger partial charge in [0.25, 0.3) is 5.91 Å². The third-order valence-corrected chi connectivity index (χ3v) is 3.61. The summed E-state index contributed by atoms with van der Waals surface area (Å²) in [5.74, 6) is 0.529. The molecule has 1 unspecified atom stereocenters. The van der Waals surface area contributed by atoms with Crippen molar-refractivity contribution in [2.24, 2.45) is 5.92 Å². The smallest absolute Gasteiger partial charge is 0.258 e. The molecule has 2 rings (SSSR count).